The Bertz CT molecular complexity index is 1060. The van der Waals surface area contributed by atoms with Crippen molar-refractivity contribution in [2.75, 3.05) is 24.7 Å². The van der Waals surface area contributed by atoms with Gasteiger partial charge in [-0.2, -0.15) is 5.10 Å². The molecule has 0 atom stereocenters. The van der Waals surface area contributed by atoms with Crippen molar-refractivity contribution in [1.29, 1.82) is 0 Å². The number of rotatable bonds is 3. The summed E-state index contributed by atoms with van der Waals surface area (Å²) < 4.78 is 0. The Labute approximate surface area is 151 Å². The Balaban J connectivity index is 1.99. The van der Waals surface area contributed by atoms with Crippen LogP contribution in [0.4, 0.5) is 11.5 Å². The van der Waals surface area contributed by atoms with Crippen LogP contribution in [0.2, 0.25) is 0 Å². The number of aromatic amines is 1. The smallest absolute Gasteiger partial charge is 0.180 e. The van der Waals surface area contributed by atoms with Gasteiger partial charge < -0.3 is 10.6 Å². The SMILES string of the molecule is Cc1ccc(-c2nnc3[nH]nc(N)c3c2-c2ccc(N(C)C)cc2)cc1. The van der Waals surface area contributed by atoms with Crippen LogP contribution < -0.4 is 10.6 Å². The summed E-state index contributed by atoms with van der Waals surface area (Å²) in [5.41, 5.74) is 12.8. The molecular formula is C20H20N6. The maximum atomic E-state index is 6.15. The number of aryl methyl sites for hydroxylation is 1. The number of fused-ring (bicyclic) bond motifs is 1. The van der Waals surface area contributed by atoms with Crippen molar-refractivity contribution in [2.24, 2.45) is 0 Å². The lowest BCUT2D eigenvalue weighted by Crippen LogP contribution is -2.08. The van der Waals surface area contributed by atoms with Crippen LogP contribution in [0.1, 0.15) is 5.56 Å². The van der Waals surface area contributed by atoms with Crippen molar-refractivity contribution in [3.63, 3.8) is 0 Å². The quantitative estimate of drug-likeness (QED) is 0.593. The zero-order valence-electron chi connectivity index (χ0n) is 15.0. The number of nitrogen functional groups attached to an aromatic ring is 1. The molecule has 0 aliphatic heterocycles. The monoisotopic (exact) mass is 344 g/mol. The molecule has 0 amide bonds. The predicted octanol–water partition coefficient (Wildman–Crippen LogP) is 3.64. The third-order valence-electron chi connectivity index (χ3n) is 4.51. The van der Waals surface area contributed by atoms with Crippen molar-refractivity contribution < 1.29 is 0 Å². The van der Waals surface area contributed by atoms with Gasteiger partial charge in [0, 0.05) is 30.9 Å². The topological polar surface area (TPSA) is 83.7 Å². The number of hydrogen-bond donors (Lipinski definition) is 2. The second kappa shape index (κ2) is 6.15. The molecule has 0 spiro atoms. The van der Waals surface area contributed by atoms with Crippen LogP contribution in [-0.4, -0.2) is 34.5 Å². The third kappa shape index (κ3) is 2.65. The largest absolute Gasteiger partial charge is 0.382 e. The second-order valence-electron chi connectivity index (χ2n) is 6.56. The average Bonchev–Trinajstić information content (AvgIpc) is 3.03. The van der Waals surface area contributed by atoms with Crippen LogP contribution in [-0.2, 0) is 0 Å². The Hall–Kier alpha value is -3.41. The Morgan fingerprint density at radius 1 is 0.885 bits per heavy atom. The van der Waals surface area contributed by atoms with Gasteiger partial charge in [0.05, 0.1) is 5.39 Å². The van der Waals surface area contributed by atoms with E-state index in [2.05, 4.69) is 80.7 Å². The highest BCUT2D eigenvalue weighted by molar-refractivity contribution is 6.04. The lowest BCUT2D eigenvalue weighted by atomic mass is 9.96. The molecule has 2 heterocycles. The van der Waals surface area contributed by atoms with E-state index in [1.165, 1.54) is 5.56 Å². The molecule has 0 bridgehead atoms. The van der Waals surface area contributed by atoms with Gasteiger partial charge in [-0.1, -0.05) is 42.0 Å². The Morgan fingerprint density at radius 2 is 1.54 bits per heavy atom. The molecule has 2 aromatic heterocycles. The van der Waals surface area contributed by atoms with Crippen LogP contribution in [0.3, 0.4) is 0 Å². The molecule has 4 aromatic rings. The van der Waals surface area contributed by atoms with Crippen LogP contribution in [0.5, 0.6) is 0 Å². The first-order valence-electron chi connectivity index (χ1n) is 8.39. The average molecular weight is 344 g/mol. The molecule has 6 nitrogen and oxygen atoms in total. The number of hydrogen-bond acceptors (Lipinski definition) is 5. The summed E-state index contributed by atoms with van der Waals surface area (Å²) in [6.07, 6.45) is 0. The maximum absolute atomic E-state index is 6.15. The van der Waals surface area contributed by atoms with Crippen LogP contribution >= 0.6 is 0 Å². The van der Waals surface area contributed by atoms with Gasteiger partial charge in [0.25, 0.3) is 0 Å². The fourth-order valence-electron chi connectivity index (χ4n) is 3.05. The number of aromatic nitrogens is 4. The standard InChI is InChI=1S/C20H20N6/c1-12-4-6-14(7-5-12)18-16(13-8-10-15(11-9-13)26(2)3)17-19(21)23-25-20(17)24-22-18/h4-11H,1-3H3,(H3,21,23,24,25). The summed E-state index contributed by atoms with van der Waals surface area (Å²) in [7, 11) is 4.04. The lowest BCUT2D eigenvalue weighted by Gasteiger charge is -2.14. The van der Waals surface area contributed by atoms with Crippen LogP contribution in [0.15, 0.2) is 48.5 Å². The second-order valence-corrected chi connectivity index (χ2v) is 6.56. The Kier molecular flexibility index (Phi) is 3.80. The van der Waals surface area contributed by atoms with Gasteiger partial charge in [-0.3, -0.25) is 5.10 Å². The molecule has 0 aliphatic rings. The molecule has 0 fully saturated rings. The highest BCUT2D eigenvalue weighted by Crippen LogP contribution is 2.37. The third-order valence-corrected chi connectivity index (χ3v) is 4.51. The molecular weight excluding hydrogens is 324 g/mol. The lowest BCUT2D eigenvalue weighted by molar-refractivity contribution is 1.03. The first-order chi connectivity index (χ1) is 12.5. The van der Waals surface area contributed by atoms with Gasteiger partial charge >= 0.3 is 0 Å². The van der Waals surface area contributed by atoms with Crippen LogP contribution in [0, 0.1) is 6.92 Å². The molecule has 0 aliphatic carbocycles. The summed E-state index contributed by atoms with van der Waals surface area (Å²) in [4.78, 5) is 2.07. The Morgan fingerprint density at radius 3 is 2.19 bits per heavy atom. The van der Waals surface area contributed by atoms with Gasteiger partial charge in [-0.05, 0) is 24.6 Å². The normalized spacial score (nSPS) is 11.0. The first-order valence-corrected chi connectivity index (χ1v) is 8.39. The van der Waals surface area contributed by atoms with E-state index < -0.39 is 0 Å². The molecule has 3 N–H and O–H groups in total. The van der Waals surface area contributed by atoms with E-state index in [-0.39, 0.29) is 0 Å². The van der Waals surface area contributed by atoms with E-state index in [0.717, 1.165) is 33.5 Å². The minimum Gasteiger partial charge on any atom is -0.382 e. The van der Waals surface area contributed by atoms with E-state index >= 15 is 0 Å². The van der Waals surface area contributed by atoms with Gasteiger partial charge in [0.2, 0.25) is 0 Å². The van der Waals surface area contributed by atoms with Gasteiger partial charge in [0.1, 0.15) is 5.69 Å². The molecule has 0 saturated heterocycles. The molecule has 0 radical (unpaired) electrons. The van der Waals surface area contributed by atoms with Gasteiger partial charge in [-0.15, -0.1) is 10.2 Å². The van der Waals surface area contributed by atoms with E-state index in [1.807, 2.05) is 14.1 Å². The minimum absolute atomic E-state index is 0.426. The minimum atomic E-state index is 0.426. The van der Waals surface area contributed by atoms with Gasteiger partial charge in [0.15, 0.2) is 11.5 Å². The predicted molar refractivity (Wildman–Crippen MR) is 106 cm³/mol. The summed E-state index contributed by atoms with van der Waals surface area (Å²) in [6, 6.07) is 16.6. The van der Waals surface area contributed by atoms with Crippen molar-refractivity contribution in [1.82, 2.24) is 20.4 Å². The van der Waals surface area contributed by atoms with Crippen LogP contribution in [0.25, 0.3) is 33.4 Å². The van der Waals surface area contributed by atoms with E-state index in [1.54, 1.807) is 0 Å². The van der Waals surface area contributed by atoms with E-state index in [0.29, 0.717) is 11.5 Å². The molecule has 130 valence electrons. The fourth-order valence-corrected chi connectivity index (χ4v) is 3.05. The van der Waals surface area contributed by atoms with Gasteiger partial charge in [-0.25, -0.2) is 0 Å². The zero-order valence-corrected chi connectivity index (χ0v) is 15.0. The molecule has 2 aromatic carbocycles. The van der Waals surface area contributed by atoms with E-state index in [4.69, 9.17) is 5.73 Å². The molecule has 26 heavy (non-hydrogen) atoms. The number of H-pyrrole nitrogens is 1. The summed E-state index contributed by atoms with van der Waals surface area (Å²) in [5, 5.41) is 16.5. The first kappa shape index (κ1) is 16.1. The van der Waals surface area contributed by atoms with Crippen molar-refractivity contribution >= 4 is 22.5 Å². The number of nitrogens with one attached hydrogen (secondary N) is 1. The molecule has 0 saturated carbocycles. The summed E-state index contributed by atoms with van der Waals surface area (Å²) >= 11 is 0. The van der Waals surface area contributed by atoms with Crippen molar-refractivity contribution in [3.05, 3.63) is 54.1 Å². The highest BCUT2D eigenvalue weighted by Gasteiger charge is 2.18. The number of nitrogens with zero attached hydrogens (tertiary/aromatic N) is 4. The fraction of sp³-hybridized carbons (Fsp3) is 0.150. The van der Waals surface area contributed by atoms with Crippen molar-refractivity contribution in [2.45, 2.75) is 6.92 Å². The van der Waals surface area contributed by atoms with Crippen molar-refractivity contribution in [3.8, 4) is 22.4 Å². The number of anilines is 2. The zero-order chi connectivity index (χ0) is 18.3. The molecule has 6 heteroatoms. The summed E-state index contributed by atoms with van der Waals surface area (Å²) in [5.74, 6) is 0.426. The number of nitrogens with two attached hydrogens (primary N) is 1. The highest BCUT2D eigenvalue weighted by atomic mass is 15.2. The molecule has 0 unspecified atom stereocenters. The molecule has 4 rings (SSSR count). The number of benzene rings is 2. The van der Waals surface area contributed by atoms with E-state index in [9.17, 15) is 0 Å². The summed E-state index contributed by atoms with van der Waals surface area (Å²) in [6.45, 7) is 2.06. The maximum Gasteiger partial charge on any atom is 0.180 e.